The quantitative estimate of drug-likeness (QED) is 0.180. The third-order valence-corrected chi connectivity index (χ3v) is 10.5. The third-order valence-electron chi connectivity index (χ3n) is 10.5. The van der Waals surface area contributed by atoms with Crippen molar-refractivity contribution in [1.82, 2.24) is 9.13 Å². The maximum absolute atomic E-state index is 14.8. The number of nitrogens with zero attached hydrogens (tertiary/aromatic N) is 3. The zero-order valence-corrected chi connectivity index (χ0v) is 28.4. The fourth-order valence-electron chi connectivity index (χ4n) is 8.30. The van der Waals surface area contributed by atoms with Crippen LogP contribution in [0.15, 0.2) is 186 Å². The van der Waals surface area contributed by atoms with Crippen LogP contribution in [0.25, 0.3) is 76.9 Å². The van der Waals surface area contributed by atoms with Gasteiger partial charge in [0, 0.05) is 61.1 Å². The Balaban J connectivity index is 1.25. The molecular weight excluding hydrogens is 654 g/mol. The largest absolute Gasteiger partial charge is 0.456 e. The van der Waals surface area contributed by atoms with E-state index >= 15 is 0 Å². The molecule has 0 saturated heterocycles. The van der Waals surface area contributed by atoms with Gasteiger partial charge in [-0.2, -0.15) is 0 Å². The topological polar surface area (TPSA) is 26.2 Å². The van der Waals surface area contributed by atoms with Crippen molar-refractivity contribution in [1.29, 1.82) is 0 Å². The Morgan fingerprint density at radius 3 is 1.79 bits per heavy atom. The van der Waals surface area contributed by atoms with E-state index in [0.717, 1.165) is 88.6 Å². The SMILES string of the molecule is Fc1cccc(-n2c3ccccc3c3ccc(N(c4ccc5c(c4)oc4ccccc45)c4cccc5c6ccccc6n(-c6ccccc6)c45)cc32)c1. The number of para-hydroxylation sites is 5. The summed E-state index contributed by atoms with van der Waals surface area (Å²) in [5, 5.41) is 6.71. The maximum atomic E-state index is 14.8. The van der Waals surface area contributed by atoms with E-state index in [1.165, 1.54) is 11.5 Å². The summed E-state index contributed by atoms with van der Waals surface area (Å²) in [7, 11) is 0. The molecule has 0 spiro atoms. The molecule has 4 nitrogen and oxygen atoms in total. The first-order valence-corrected chi connectivity index (χ1v) is 17.8. The van der Waals surface area contributed by atoms with Crippen molar-refractivity contribution < 1.29 is 8.81 Å². The zero-order valence-electron chi connectivity index (χ0n) is 28.4. The summed E-state index contributed by atoms with van der Waals surface area (Å²) >= 11 is 0. The molecule has 0 aliphatic rings. The monoisotopic (exact) mass is 683 g/mol. The molecule has 0 amide bonds. The van der Waals surface area contributed by atoms with Gasteiger partial charge >= 0.3 is 0 Å². The maximum Gasteiger partial charge on any atom is 0.137 e. The first kappa shape index (κ1) is 29.6. The smallest absolute Gasteiger partial charge is 0.137 e. The van der Waals surface area contributed by atoms with Crippen LogP contribution < -0.4 is 4.90 Å². The number of halogens is 1. The average molecular weight is 684 g/mol. The van der Waals surface area contributed by atoms with Gasteiger partial charge in [-0.05, 0) is 78.9 Å². The lowest BCUT2D eigenvalue weighted by atomic mass is 10.1. The average Bonchev–Trinajstić information content (AvgIpc) is 3.86. The van der Waals surface area contributed by atoms with E-state index in [1.54, 1.807) is 12.1 Å². The molecule has 0 bridgehead atoms. The standard InChI is InChI=1S/C48H30FN3O/c49-31-12-10-15-33(28-31)51-42-20-7-4-16-36(42)38-26-24-34(29-45(38)51)50(35-25-27-40-39-18-6-9-23-46(39)53-47(40)30-35)44-22-11-19-41-37-17-5-8-21-43(37)52(48(41)44)32-13-2-1-3-14-32/h1-30H. The van der Waals surface area contributed by atoms with Crippen molar-refractivity contribution in [3.8, 4) is 11.4 Å². The summed E-state index contributed by atoms with van der Waals surface area (Å²) in [4.78, 5) is 2.33. The summed E-state index contributed by atoms with van der Waals surface area (Å²) in [6.07, 6.45) is 0. The highest BCUT2D eigenvalue weighted by Gasteiger charge is 2.23. The number of hydrogen-bond donors (Lipinski definition) is 0. The van der Waals surface area contributed by atoms with Crippen LogP contribution in [0.1, 0.15) is 0 Å². The normalized spacial score (nSPS) is 11.9. The van der Waals surface area contributed by atoms with E-state index in [-0.39, 0.29) is 5.82 Å². The Bertz CT molecular complexity index is 3210. The highest BCUT2D eigenvalue weighted by Crippen LogP contribution is 2.46. The molecule has 0 unspecified atom stereocenters. The van der Waals surface area contributed by atoms with Crippen molar-refractivity contribution in [2.45, 2.75) is 0 Å². The Morgan fingerprint density at radius 1 is 0.396 bits per heavy atom. The van der Waals surface area contributed by atoms with Gasteiger partial charge in [-0.1, -0.05) is 97.1 Å². The lowest BCUT2D eigenvalue weighted by molar-refractivity contribution is 0.627. The van der Waals surface area contributed by atoms with Crippen molar-refractivity contribution in [2.24, 2.45) is 0 Å². The summed E-state index contributed by atoms with van der Waals surface area (Å²) in [6, 6.07) is 62.2. The second-order valence-electron chi connectivity index (χ2n) is 13.5. The van der Waals surface area contributed by atoms with Crippen LogP contribution in [0, 0.1) is 5.82 Å². The van der Waals surface area contributed by atoms with Gasteiger partial charge in [-0.25, -0.2) is 4.39 Å². The van der Waals surface area contributed by atoms with Crippen molar-refractivity contribution in [2.75, 3.05) is 4.90 Å². The van der Waals surface area contributed by atoms with Gasteiger partial charge in [-0.3, -0.25) is 0 Å². The molecule has 0 fully saturated rings. The minimum Gasteiger partial charge on any atom is -0.456 e. The van der Waals surface area contributed by atoms with Gasteiger partial charge in [0.2, 0.25) is 0 Å². The number of furan rings is 1. The molecule has 53 heavy (non-hydrogen) atoms. The Labute approximate surface area is 303 Å². The second kappa shape index (κ2) is 11.5. The van der Waals surface area contributed by atoms with Gasteiger partial charge in [0.15, 0.2) is 0 Å². The predicted octanol–water partition coefficient (Wildman–Crippen LogP) is 13.4. The molecule has 0 atom stereocenters. The van der Waals surface area contributed by atoms with E-state index in [1.807, 2.05) is 30.3 Å². The second-order valence-corrected chi connectivity index (χ2v) is 13.5. The molecule has 8 aromatic carbocycles. The fourth-order valence-corrected chi connectivity index (χ4v) is 8.30. The van der Waals surface area contributed by atoms with Crippen LogP contribution in [0.5, 0.6) is 0 Å². The highest BCUT2D eigenvalue weighted by atomic mass is 19.1. The van der Waals surface area contributed by atoms with Crippen LogP contribution in [-0.4, -0.2) is 9.13 Å². The minimum absolute atomic E-state index is 0.272. The third kappa shape index (κ3) is 4.47. The Kier molecular flexibility index (Phi) is 6.40. The van der Waals surface area contributed by atoms with Crippen LogP contribution in [-0.2, 0) is 0 Å². The molecule has 0 aliphatic carbocycles. The molecule has 250 valence electrons. The molecule has 3 aromatic heterocycles. The van der Waals surface area contributed by atoms with Crippen molar-refractivity contribution >= 4 is 82.6 Å². The molecule has 3 heterocycles. The Hall–Kier alpha value is -7.11. The molecule has 5 heteroatoms. The van der Waals surface area contributed by atoms with Crippen LogP contribution in [0.2, 0.25) is 0 Å². The van der Waals surface area contributed by atoms with E-state index in [4.69, 9.17) is 4.42 Å². The van der Waals surface area contributed by atoms with Gasteiger partial charge < -0.3 is 18.5 Å². The summed E-state index contributed by atoms with van der Waals surface area (Å²) in [5.41, 5.74) is 10.7. The van der Waals surface area contributed by atoms with Gasteiger partial charge in [0.05, 0.1) is 27.8 Å². The van der Waals surface area contributed by atoms with E-state index < -0.39 is 0 Å². The fraction of sp³-hybridized carbons (Fsp3) is 0. The van der Waals surface area contributed by atoms with E-state index in [0.29, 0.717) is 0 Å². The number of fused-ring (bicyclic) bond motifs is 9. The lowest BCUT2D eigenvalue weighted by Crippen LogP contribution is -2.12. The number of aromatic nitrogens is 2. The van der Waals surface area contributed by atoms with Crippen LogP contribution >= 0.6 is 0 Å². The number of benzene rings is 8. The molecule has 11 rings (SSSR count). The highest BCUT2D eigenvalue weighted by molar-refractivity contribution is 6.16. The van der Waals surface area contributed by atoms with Crippen molar-refractivity contribution in [3.63, 3.8) is 0 Å². The van der Waals surface area contributed by atoms with Crippen LogP contribution in [0.4, 0.5) is 21.5 Å². The molecule has 0 saturated carbocycles. The predicted molar refractivity (Wildman–Crippen MR) is 217 cm³/mol. The van der Waals surface area contributed by atoms with E-state index in [9.17, 15) is 4.39 Å². The summed E-state index contributed by atoms with van der Waals surface area (Å²) in [6.45, 7) is 0. The first-order valence-electron chi connectivity index (χ1n) is 17.8. The number of hydrogen-bond acceptors (Lipinski definition) is 2. The molecule has 0 aliphatic heterocycles. The van der Waals surface area contributed by atoms with Gasteiger partial charge in [-0.15, -0.1) is 0 Å². The molecular formula is C48H30FN3O. The van der Waals surface area contributed by atoms with Crippen LogP contribution in [0.3, 0.4) is 0 Å². The molecule has 0 radical (unpaired) electrons. The number of rotatable bonds is 5. The van der Waals surface area contributed by atoms with Gasteiger partial charge in [0.1, 0.15) is 17.0 Å². The molecule has 0 N–H and O–H groups in total. The van der Waals surface area contributed by atoms with Gasteiger partial charge in [0.25, 0.3) is 0 Å². The number of anilines is 3. The summed E-state index contributed by atoms with van der Waals surface area (Å²) in [5.74, 6) is -0.272. The minimum atomic E-state index is -0.272. The zero-order chi connectivity index (χ0) is 35.0. The Morgan fingerprint density at radius 2 is 0.981 bits per heavy atom. The molecule has 11 aromatic rings. The van der Waals surface area contributed by atoms with Crippen molar-refractivity contribution in [3.05, 3.63) is 188 Å². The first-order chi connectivity index (χ1) is 26.2. The van der Waals surface area contributed by atoms with E-state index in [2.05, 4.69) is 147 Å². The summed E-state index contributed by atoms with van der Waals surface area (Å²) < 4.78 is 25.8. The lowest BCUT2D eigenvalue weighted by Gasteiger charge is -2.27.